The number of ether oxygens (including phenoxy) is 1. The quantitative estimate of drug-likeness (QED) is 0.858. The fourth-order valence-electron chi connectivity index (χ4n) is 2.29. The molecule has 0 aromatic heterocycles. The van der Waals surface area contributed by atoms with E-state index in [1.807, 2.05) is 26.0 Å². The van der Waals surface area contributed by atoms with Crippen LogP contribution in [0.15, 0.2) is 42.5 Å². The Balaban J connectivity index is 1.89. The molecule has 1 N–H and O–H groups in total. The minimum Gasteiger partial charge on any atom is -0.508 e. The van der Waals surface area contributed by atoms with Crippen LogP contribution in [0.25, 0.3) is 0 Å². The normalized spacial score (nSPS) is 10.3. The number of phenols is 1. The van der Waals surface area contributed by atoms with E-state index >= 15 is 0 Å². The topological polar surface area (TPSA) is 66.8 Å². The molecule has 0 saturated heterocycles. The van der Waals surface area contributed by atoms with Gasteiger partial charge in [-0.15, -0.1) is 0 Å². The average Bonchev–Trinajstić information content (AvgIpc) is 2.55. The molecule has 0 atom stereocenters. The molecule has 0 aliphatic rings. The van der Waals surface area contributed by atoms with Crippen molar-refractivity contribution < 1.29 is 19.4 Å². The number of benzene rings is 2. The van der Waals surface area contributed by atoms with Gasteiger partial charge in [0.15, 0.2) is 6.61 Å². The third kappa shape index (κ3) is 4.59. The van der Waals surface area contributed by atoms with Gasteiger partial charge in [-0.25, -0.2) is 4.79 Å². The molecule has 0 saturated carbocycles. The van der Waals surface area contributed by atoms with Crippen molar-refractivity contribution in [3.05, 3.63) is 64.7 Å². The first-order valence-electron chi connectivity index (χ1n) is 7.63. The average molecular weight is 327 g/mol. The van der Waals surface area contributed by atoms with Gasteiger partial charge in [-0.1, -0.05) is 23.8 Å². The van der Waals surface area contributed by atoms with Crippen LogP contribution < -0.4 is 0 Å². The van der Waals surface area contributed by atoms with Crippen molar-refractivity contribution in [2.75, 3.05) is 13.7 Å². The first kappa shape index (κ1) is 17.5. The largest absolute Gasteiger partial charge is 0.508 e. The highest BCUT2D eigenvalue weighted by molar-refractivity contribution is 5.91. The summed E-state index contributed by atoms with van der Waals surface area (Å²) in [6.07, 6.45) is 0. The summed E-state index contributed by atoms with van der Waals surface area (Å²) in [6.45, 7) is 4.17. The molecule has 2 aromatic rings. The Morgan fingerprint density at radius 2 is 1.75 bits per heavy atom. The molecular formula is C19H21NO4. The summed E-state index contributed by atoms with van der Waals surface area (Å²) < 4.78 is 5.03. The Kier molecular flexibility index (Phi) is 5.58. The number of phenolic OH excluding ortho intramolecular Hbond substituents is 1. The van der Waals surface area contributed by atoms with Crippen LogP contribution in [0.2, 0.25) is 0 Å². The molecular weight excluding hydrogens is 306 g/mol. The first-order chi connectivity index (χ1) is 11.4. The third-order valence-corrected chi connectivity index (χ3v) is 3.76. The zero-order valence-electron chi connectivity index (χ0n) is 14.1. The number of amides is 1. The van der Waals surface area contributed by atoms with Gasteiger partial charge in [0.05, 0.1) is 5.56 Å². The smallest absolute Gasteiger partial charge is 0.338 e. The summed E-state index contributed by atoms with van der Waals surface area (Å²) in [4.78, 5) is 25.5. The first-order valence-corrected chi connectivity index (χ1v) is 7.63. The van der Waals surface area contributed by atoms with E-state index in [4.69, 9.17) is 4.74 Å². The number of esters is 1. The van der Waals surface area contributed by atoms with Crippen molar-refractivity contribution >= 4 is 11.9 Å². The second kappa shape index (κ2) is 7.64. The monoisotopic (exact) mass is 327 g/mol. The minimum atomic E-state index is -0.594. The number of nitrogens with zero attached hydrogens (tertiary/aromatic N) is 1. The molecule has 2 aromatic carbocycles. The summed E-state index contributed by atoms with van der Waals surface area (Å²) in [5.41, 5.74) is 3.64. The minimum absolute atomic E-state index is 0.0656. The fraction of sp³-hybridized carbons (Fsp3) is 0.263. The predicted octanol–water partition coefficient (Wildman–Crippen LogP) is 2.82. The van der Waals surface area contributed by atoms with Crippen LogP contribution in [0.3, 0.4) is 0 Å². The molecule has 0 spiro atoms. The van der Waals surface area contributed by atoms with Gasteiger partial charge >= 0.3 is 5.97 Å². The predicted molar refractivity (Wildman–Crippen MR) is 90.8 cm³/mol. The number of aromatic hydroxyl groups is 1. The molecule has 0 bridgehead atoms. The van der Waals surface area contributed by atoms with E-state index in [-0.39, 0.29) is 23.8 Å². The second-order valence-corrected chi connectivity index (χ2v) is 5.80. The summed E-state index contributed by atoms with van der Waals surface area (Å²) in [6, 6.07) is 11.7. The molecule has 0 heterocycles. The summed E-state index contributed by atoms with van der Waals surface area (Å²) in [5, 5.41) is 9.20. The van der Waals surface area contributed by atoms with Gasteiger partial charge < -0.3 is 14.7 Å². The molecule has 1 amide bonds. The SMILES string of the molecule is Cc1ccc(CN(C)C(=O)COC(=O)c2ccc(O)cc2)c(C)c1. The summed E-state index contributed by atoms with van der Waals surface area (Å²) >= 11 is 0. The van der Waals surface area contributed by atoms with Crippen LogP contribution in [-0.4, -0.2) is 35.5 Å². The van der Waals surface area contributed by atoms with Crippen molar-refractivity contribution in [1.82, 2.24) is 4.90 Å². The van der Waals surface area contributed by atoms with Crippen molar-refractivity contribution in [2.45, 2.75) is 20.4 Å². The highest BCUT2D eigenvalue weighted by Gasteiger charge is 2.14. The van der Waals surface area contributed by atoms with Gasteiger partial charge in [0.2, 0.25) is 0 Å². The van der Waals surface area contributed by atoms with Crippen LogP contribution in [0.4, 0.5) is 0 Å². The number of aryl methyl sites for hydroxylation is 2. The number of carbonyl (C=O) groups excluding carboxylic acids is 2. The van der Waals surface area contributed by atoms with Gasteiger partial charge in [0.25, 0.3) is 5.91 Å². The van der Waals surface area contributed by atoms with E-state index in [2.05, 4.69) is 6.07 Å². The highest BCUT2D eigenvalue weighted by Crippen LogP contribution is 2.13. The zero-order chi connectivity index (χ0) is 17.7. The third-order valence-electron chi connectivity index (χ3n) is 3.76. The lowest BCUT2D eigenvalue weighted by atomic mass is 10.1. The molecule has 126 valence electrons. The Hall–Kier alpha value is -2.82. The number of hydrogen-bond acceptors (Lipinski definition) is 4. The van der Waals surface area contributed by atoms with Crippen molar-refractivity contribution in [2.24, 2.45) is 0 Å². The van der Waals surface area contributed by atoms with Crippen LogP contribution in [0, 0.1) is 13.8 Å². The molecule has 0 fully saturated rings. The van der Waals surface area contributed by atoms with Gasteiger partial charge in [0, 0.05) is 13.6 Å². The van der Waals surface area contributed by atoms with E-state index in [1.165, 1.54) is 34.7 Å². The van der Waals surface area contributed by atoms with E-state index in [0.29, 0.717) is 6.54 Å². The molecule has 0 unspecified atom stereocenters. The second-order valence-electron chi connectivity index (χ2n) is 5.80. The number of hydrogen-bond donors (Lipinski definition) is 1. The van der Waals surface area contributed by atoms with Gasteiger partial charge in [-0.2, -0.15) is 0 Å². The van der Waals surface area contributed by atoms with Crippen LogP contribution in [-0.2, 0) is 16.1 Å². The van der Waals surface area contributed by atoms with E-state index in [9.17, 15) is 14.7 Å². The number of rotatable bonds is 5. The summed E-state index contributed by atoms with van der Waals surface area (Å²) in [5.74, 6) is -0.804. The molecule has 0 radical (unpaired) electrons. The Labute approximate surface area is 141 Å². The highest BCUT2D eigenvalue weighted by atomic mass is 16.5. The molecule has 24 heavy (non-hydrogen) atoms. The van der Waals surface area contributed by atoms with E-state index in [1.54, 1.807) is 7.05 Å². The zero-order valence-corrected chi connectivity index (χ0v) is 14.1. The Morgan fingerprint density at radius 3 is 2.38 bits per heavy atom. The lowest BCUT2D eigenvalue weighted by Crippen LogP contribution is -2.31. The molecule has 0 aliphatic heterocycles. The lowest BCUT2D eigenvalue weighted by Gasteiger charge is -2.18. The molecule has 2 rings (SSSR count). The van der Waals surface area contributed by atoms with Gasteiger partial charge in [-0.3, -0.25) is 4.79 Å². The van der Waals surface area contributed by atoms with E-state index < -0.39 is 5.97 Å². The Morgan fingerprint density at radius 1 is 1.08 bits per heavy atom. The molecule has 5 heteroatoms. The van der Waals surface area contributed by atoms with Crippen LogP contribution >= 0.6 is 0 Å². The Bertz CT molecular complexity index is 738. The van der Waals surface area contributed by atoms with Crippen molar-refractivity contribution in [3.8, 4) is 5.75 Å². The van der Waals surface area contributed by atoms with Crippen LogP contribution in [0.5, 0.6) is 5.75 Å². The maximum Gasteiger partial charge on any atom is 0.338 e. The maximum atomic E-state index is 12.1. The van der Waals surface area contributed by atoms with Crippen molar-refractivity contribution in [3.63, 3.8) is 0 Å². The van der Waals surface area contributed by atoms with Gasteiger partial charge in [-0.05, 0) is 49.2 Å². The molecule has 5 nitrogen and oxygen atoms in total. The summed E-state index contributed by atoms with van der Waals surface area (Å²) in [7, 11) is 1.68. The fourth-order valence-corrected chi connectivity index (χ4v) is 2.29. The number of likely N-dealkylation sites (N-methyl/N-ethyl adjacent to an activating group) is 1. The maximum absolute atomic E-state index is 12.1. The number of carbonyl (C=O) groups is 2. The van der Waals surface area contributed by atoms with Gasteiger partial charge in [0.1, 0.15) is 5.75 Å². The molecule has 0 aliphatic carbocycles. The van der Waals surface area contributed by atoms with Crippen molar-refractivity contribution in [1.29, 1.82) is 0 Å². The van der Waals surface area contributed by atoms with E-state index in [0.717, 1.165) is 11.1 Å². The standard InChI is InChI=1S/C19H21NO4/c1-13-4-5-16(14(2)10-13)11-20(3)18(22)12-24-19(23)15-6-8-17(21)9-7-15/h4-10,21H,11-12H2,1-3H3. The van der Waals surface area contributed by atoms with Crippen LogP contribution in [0.1, 0.15) is 27.0 Å². The lowest BCUT2D eigenvalue weighted by molar-refractivity contribution is -0.133.